The van der Waals surface area contributed by atoms with Crippen LogP contribution < -0.4 is 20.4 Å². The Bertz CT molecular complexity index is 1110. The second kappa shape index (κ2) is 10.1. The summed E-state index contributed by atoms with van der Waals surface area (Å²) in [6.07, 6.45) is 5.15. The quantitative estimate of drug-likeness (QED) is 0.517. The first kappa shape index (κ1) is 25.7. The highest BCUT2D eigenvalue weighted by Crippen LogP contribution is 2.54. The number of piperidine rings is 1. The minimum absolute atomic E-state index is 0.0266. The van der Waals surface area contributed by atoms with Crippen molar-refractivity contribution < 1.29 is 14.6 Å². The van der Waals surface area contributed by atoms with Crippen LogP contribution in [0.15, 0.2) is 30.3 Å². The Morgan fingerprint density at radius 1 is 1.03 bits per heavy atom. The molecule has 3 fully saturated rings. The van der Waals surface area contributed by atoms with Gasteiger partial charge in [0.2, 0.25) is 0 Å². The smallest absolute Gasteiger partial charge is 0.260 e. The van der Waals surface area contributed by atoms with Crippen LogP contribution in [0.1, 0.15) is 63.7 Å². The molecule has 2 aliphatic heterocycles. The summed E-state index contributed by atoms with van der Waals surface area (Å²) in [6.45, 7) is 11.2. The predicted octanol–water partition coefficient (Wildman–Crippen LogP) is 3.91. The average Bonchev–Trinajstić information content (AvgIpc) is 3.62. The number of nitrogens with one attached hydrogen (secondary N) is 2. The molecule has 2 saturated heterocycles. The number of ether oxygens (including phenoxy) is 1. The predicted molar refractivity (Wildman–Crippen MR) is 147 cm³/mol. The molecule has 5 rings (SSSR count). The first-order valence-corrected chi connectivity index (χ1v) is 13.5. The number of rotatable bonds is 7. The van der Waals surface area contributed by atoms with Gasteiger partial charge in [-0.15, -0.1) is 0 Å². The maximum atomic E-state index is 13.5. The molecule has 37 heavy (non-hydrogen) atoms. The largest absolute Gasteiger partial charge is 0.394 e. The Balaban J connectivity index is 1.37. The highest BCUT2D eigenvalue weighted by Gasteiger charge is 2.45. The van der Waals surface area contributed by atoms with E-state index in [4.69, 9.17) is 14.7 Å². The zero-order chi connectivity index (χ0) is 26.2. The number of aromatic nitrogens is 2. The van der Waals surface area contributed by atoms with Crippen molar-refractivity contribution in [2.24, 2.45) is 5.41 Å². The fourth-order valence-corrected chi connectivity index (χ4v) is 5.41. The molecular weight excluding hydrogens is 468 g/mol. The topological polar surface area (TPSA) is 103 Å². The number of anilines is 4. The number of hydrogen-bond donors (Lipinski definition) is 3. The minimum Gasteiger partial charge on any atom is -0.394 e. The molecule has 1 spiro atoms. The zero-order valence-corrected chi connectivity index (χ0v) is 22.5. The maximum absolute atomic E-state index is 13.5. The van der Waals surface area contributed by atoms with Crippen LogP contribution in [0.3, 0.4) is 0 Å². The number of aliphatic hydroxyl groups is 1. The Labute approximate surface area is 219 Å². The Morgan fingerprint density at radius 3 is 2.38 bits per heavy atom. The minimum atomic E-state index is -0.521. The molecule has 200 valence electrons. The van der Waals surface area contributed by atoms with Gasteiger partial charge in [0, 0.05) is 26.2 Å². The van der Waals surface area contributed by atoms with E-state index < -0.39 is 5.54 Å². The van der Waals surface area contributed by atoms with Crippen molar-refractivity contribution in [1.29, 1.82) is 0 Å². The molecule has 0 aromatic carbocycles. The number of aliphatic hydroxyl groups excluding tert-OH is 1. The monoisotopic (exact) mass is 508 g/mol. The second-order valence-electron chi connectivity index (χ2n) is 11.7. The number of carbonyl (C=O) groups excluding carboxylic acids is 1. The van der Waals surface area contributed by atoms with Gasteiger partial charge in [-0.25, -0.2) is 9.97 Å². The van der Waals surface area contributed by atoms with Crippen LogP contribution in [0.2, 0.25) is 0 Å². The molecule has 3 aliphatic rings. The van der Waals surface area contributed by atoms with Gasteiger partial charge in [0.05, 0.1) is 29.9 Å². The van der Waals surface area contributed by atoms with E-state index in [0.29, 0.717) is 28.4 Å². The van der Waals surface area contributed by atoms with Gasteiger partial charge in [-0.3, -0.25) is 4.79 Å². The van der Waals surface area contributed by atoms with E-state index in [1.54, 1.807) is 0 Å². The maximum Gasteiger partial charge on any atom is 0.260 e. The second-order valence-corrected chi connectivity index (χ2v) is 11.7. The summed E-state index contributed by atoms with van der Waals surface area (Å²) in [5, 5.41) is 16.0. The van der Waals surface area contributed by atoms with Crippen molar-refractivity contribution in [3.8, 4) is 0 Å². The highest BCUT2D eigenvalue weighted by molar-refractivity contribution is 6.07. The van der Waals surface area contributed by atoms with Crippen molar-refractivity contribution in [3.63, 3.8) is 0 Å². The number of nitrogens with zero attached hydrogens (tertiary/aromatic N) is 4. The van der Waals surface area contributed by atoms with Crippen LogP contribution >= 0.6 is 0 Å². The molecule has 0 bridgehead atoms. The number of morpholine rings is 1. The van der Waals surface area contributed by atoms with Crippen molar-refractivity contribution in [2.75, 3.05) is 53.2 Å². The molecule has 1 amide bonds. The fraction of sp³-hybridized carbons (Fsp3) is 0.607. The zero-order valence-electron chi connectivity index (χ0n) is 22.5. The number of hydrogen-bond acceptors (Lipinski definition) is 8. The molecule has 1 aliphatic carbocycles. The lowest BCUT2D eigenvalue weighted by Gasteiger charge is -2.36. The first-order valence-electron chi connectivity index (χ1n) is 13.5. The van der Waals surface area contributed by atoms with E-state index >= 15 is 0 Å². The van der Waals surface area contributed by atoms with Crippen molar-refractivity contribution in [1.82, 2.24) is 9.97 Å². The highest BCUT2D eigenvalue weighted by atomic mass is 16.5. The summed E-state index contributed by atoms with van der Waals surface area (Å²) < 4.78 is 5.86. The van der Waals surface area contributed by atoms with Crippen molar-refractivity contribution in [3.05, 3.63) is 35.9 Å². The molecule has 0 radical (unpaired) electrons. The number of carbonyl (C=O) groups is 1. The summed E-state index contributed by atoms with van der Waals surface area (Å²) >= 11 is 0. The SMILES string of the molecule is C[C@H]1CN(c2cccc(NC(=O)c3ccc(NC(C)(C)CO)nc3N3CCC4(CC3)CC4)n2)C[C@H](C)O1. The van der Waals surface area contributed by atoms with E-state index in [2.05, 4.69) is 34.3 Å². The van der Waals surface area contributed by atoms with Crippen LogP contribution in [0.25, 0.3) is 0 Å². The van der Waals surface area contributed by atoms with Crippen molar-refractivity contribution in [2.45, 2.75) is 71.1 Å². The van der Waals surface area contributed by atoms with Gasteiger partial charge in [-0.2, -0.15) is 0 Å². The summed E-state index contributed by atoms with van der Waals surface area (Å²) in [5.74, 6) is 2.44. The first-order chi connectivity index (χ1) is 17.7. The Morgan fingerprint density at radius 2 is 1.73 bits per heavy atom. The van der Waals surface area contributed by atoms with Gasteiger partial charge in [0.25, 0.3) is 5.91 Å². The molecule has 0 unspecified atom stereocenters. The van der Waals surface area contributed by atoms with Crippen LogP contribution in [-0.4, -0.2) is 71.5 Å². The summed E-state index contributed by atoms with van der Waals surface area (Å²) in [7, 11) is 0. The molecule has 9 heteroatoms. The lowest BCUT2D eigenvalue weighted by Crippen LogP contribution is -2.45. The van der Waals surface area contributed by atoms with E-state index in [-0.39, 0.29) is 24.7 Å². The van der Waals surface area contributed by atoms with Gasteiger partial charge in [0.1, 0.15) is 23.3 Å². The van der Waals surface area contributed by atoms with E-state index in [1.165, 1.54) is 12.8 Å². The van der Waals surface area contributed by atoms with Crippen LogP contribution in [0.5, 0.6) is 0 Å². The van der Waals surface area contributed by atoms with Crippen LogP contribution in [-0.2, 0) is 4.74 Å². The van der Waals surface area contributed by atoms with Gasteiger partial charge in [0.15, 0.2) is 0 Å². The molecule has 2 aromatic heterocycles. The van der Waals surface area contributed by atoms with Crippen LogP contribution in [0, 0.1) is 5.41 Å². The molecular formula is C28H40N6O3. The van der Waals surface area contributed by atoms with E-state index in [0.717, 1.165) is 44.8 Å². The van der Waals surface area contributed by atoms with E-state index in [9.17, 15) is 9.90 Å². The Kier molecular flexibility index (Phi) is 7.02. The standard InChI is InChI=1S/C28H40N6O3/c1-19-16-34(17-20(2)37-19)24-7-5-6-22(29-24)31-26(36)21-8-9-23(32-27(3,4)18-35)30-25(21)33-14-12-28(10-11-28)13-15-33/h5-9,19-20,35H,10-18H2,1-4H3,(H,30,32)(H,29,31,36)/t19-,20-/m0/s1. The lowest BCUT2D eigenvalue weighted by atomic mass is 9.93. The molecule has 4 heterocycles. The average molecular weight is 509 g/mol. The third kappa shape index (κ3) is 5.99. The molecule has 3 N–H and O–H groups in total. The van der Waals surface area contributed by atoms with Gasteiger partial charge >= 0.3 is 0 Å². The summed E-state index contributed by atoms with van der Waals surface area (Å²) in [4.78, 5) is 27.6. The number of pyridine rings is 2. The fourth-order valence-electron chi connectivity index (χ4n) is 5.41. The molecule has 1 saturated carbocycles. The van der Waals surface area contributed by atoms with Gasteiger partial charge in [-0.05, 0) is 83.1 Å². The summed E-state index contributed by atoms with van der Waals surface area (Å²) in [5.41, 5.74) is 0.527. The van der Waals surface area contributed by atoms with E-state index in [1.807, 2.05) is 44.2 Å². The molecule has 9 nitrogen and oxygen atoms in total. The Hall–Kier alpha value is -2.91. The van der Waals surface area contributed by atoms with Crippen LogP contribution in [0.4, 0.5) is 23.3 Å². The normalized spacial score (nSPS) is 23.2. The number of amides is 1. The third-order valence-electron chi connectivity index (χ3n) is 7.78. The lowest BCUT2D eigenvalue weighted by molar-refractivity contribution is -0.00545. The molecule has 2 atom stereocenters. The molecule has 2 aromatic rings. The van der Waals surface area contributed by atoms with Crippen molar-refractivity contribution >= 4 is 29.2 Å². The van der Waals surface area contributed by atoms with Gasteiger partial charge < -0.3 is 30.3 Å². The third-order valence-corrected chi connectivity index (χ3v) is 7.78. The summed E-state index contributed by atoms with van der Waals surface area (Å²) in [6, 6.07) is 9.34. The van der Waals surface area contributed by atoms with Gasteiger partial charge in [-0.1, -0.05) is 6.07 Å².